The van der Waals surface area contributed by atoms with Crippen molar-refractivity contribution < 1.29 is 14.7 Å². The lowest BCUT2D eigenvalue weighted by Crippen LogP contribution is -2.41. The van der Waals surface area contributed by atoms with Crippen molar-refractivity contribution in [2.24, 2.45) is 10.2 Å². The molecule has 1 rings (SSSR count). The summed E-state index contributed by atoms with van der Waals surface area (Å²) in [5.74, 6) is -1.24. The highest BCUT2D eigenvalue weighted by Gasteiger charge is 2.33. The van der Waals surface area contributed by atoms with Gasteiger partial charge in [0.2, 0.25) is 0 Å². The number of carbonyl (C=O) groups is 2. The van der Waals surface area contributed by atoms with Crippen LogP contribution < -0.4 is 5.32 Å². The summed E-state index contributed by atoms with van der Waals surface area (Å²) < 4.78 is 0. The number of carboxylic acid groups (broad SMARTS) is 1. The van der Waals surface area contributed by atoms with Gasteiger partial charge in [0.15, 0.2) is 5.54 Å². The molecule has 0 aliphatic carbocycles. The van der Waals surface area contributed by atoms with E-state index >= 15 is 0 Å². The predicted molar refractivity (Wildman–Crippen MR) is 66.0 cm³/mol. The van der Waals surface area contributed by atoms with Crippen LogP contribution in [0.15, 0.2) is 34.2 Å². The summed E-state index contributed by atoms with van der Waals surface area (Å²) in [4.78, 5) is 22.3. The van der Waals surface area contributed by atoms with E-state index in [1.54, 1.807) is 19.9 Å². The van der Waals surface area contributed by atoms with Gasteiger partial charge in [-0.05, 0) is 32.8 Å². The Bertz CT molecular complexity index is 440. The second-order valence-electron chi connectivity index (χ2n) is 4.40. The number of carboxylic acids is 1. The highest BCUT2D eigenvalue weighted by atomic mass is 16.4. The third-order valence-electron chi connectivity index (χ3n) is 2.61. The van der Waals surface area contributed by atoms with Crippen molar-refractivity contribution in [1.82, 2.24) is 5.32 Å². The van der Waals surface area contributed by atoms with E-state index in [2.05, 4.69) is 22.1 Å². The number of hydrogen-bond acceptors (Lipinski definition) is 4. The molecular formula is C12H17N3O3. The largest absolute Gasteiger partial charge is 0.478 e. The van der Waals surface area contributed by atoms with E-state index in [0.717, 1.165) is 0 Å². The first-order valence-electron chi connectivity index (χ1n) is 5.67. The molecule has 1 heterocycles. The average Bonchev–Trinajstić information content (AvgIpc) is 2.65. The maximum absolute atomic E-state index is 11.8. The van der Waals surface area contributed by atoms with Crippen molar-refractivity contribution in [3.8, 4) is 0 Å². The summed E-state index contributed by atoms with van der Waals surface area (Å²) in [6, 6.07) is 0. The molecule has 98 valence electrons. The number of amides is 1. The lowest BCUT2D eigenvalue weighted by atomic mass is 10.0. The van der Waals surface area contributed by atoms with Gasteiger partial charge in [0.1, 0.15) is 0 Å². The number of hydrogen-bond donors (Lipinski definition) is 2. The van der Waals surface area contributed by atoms with Gasteiger partial charge >= 0.3 is 5.97 Å². The topological polar surface area (TPSA) is 91.1 Å². The van der Waals surface area contributed by atoms with Crippen LogP contribution in [0.3, 0.4) is 0 Å². The second-order valence-corrected chi connectivity index (χ2v) is 4.40. The van der Waals surface area contributed by atoms with Gasteiger partial charge < -0.3 is 10.4 Å². The van der Waals surface area contributed by atoms with Crippen molar-refractivity contribution in [3.05, 3.63) is 23.9 Å². The van der Waals surface area contributed by atoms with Gasteiger partial charge in [-0.15, -0.1) is 0 Å². The first-order valence-corrected chi connectivity index (χ1v) is 5.67. The molecule has 0 aromatic rings. The number of nitrogens with one attached hydrogen (secondary N) is 1. The fourth-order valence-corrected chi connectivity index (χ4v) is 1.55. The van der Waals surface area contributed by atoms with Gasteiger partial charge in [-0.1, -0.05) is 6.58 Å². The Morgan fingerprint density at radius 2 is 2.22 bits per heavy atom. The zero-order valence-corrected chi connectivity index (χ0v) is 10.6. The summed E-state index contributed by atoms with van der Waals surface area (Å²) >= 11 is 0. The molecule has 6 nitrogen and oxygen atoms in total. The molecule has 0 fully saturated rings. The molecule has 0 aromatic carbocycles. The first-order chi connectivity index (χ1) is 8.35. The SMILES string of the molecule is C=C(CCCNC(=O)C1(C)C=C(C)N=N1)C(=O)O. The second kappa shape index (κ2) is 5.57. The maximum Gasteiger partial charge on any atom is 0.330 e. The first kappa shape index (κ1) is 14.1. The molecule has 0 radical (unpaired) electrons. The van der Waals surface area contributed by atoms with Crippen LogP contribution >= 0.6 is 0 Å². The van der Waals surface area contributed by atoms with Crippen molar-refractivity contribution in [2.45, 2.75) is 32.2 Å². The molecule has 18 heavy (non-hydrogen) atoms. The average molecular weight is 251 g/mol. The van der Waals surface area contributed by atoms with Crippen molar-refractivity contribution >= 4 is 11.9 Å². The molecular weight excluding hydrogens is 234 g/mol. The Balaban J connectivity index is 2.33. The zero-order chi connectivity index (χ0) is 13.8. The smallest absolute Gasteiger partial charge is 0.330 e. The Morgan fingerprint density at radius 3 is 2.72 bits per heavy atom. The van der Waals surface area contributed by atoms with Crippen LogP contribution in [-0.4, -0.2) is 29.1 Å². The van der Waals surface area contributed by atoms with E-state index in [4.69, 9.17) is 5.11 Å². The summed E-state index contributed by atoms with van der Waals surface area (Å²) in [6.07, 6.45) is 2.58. The molecule has 1 aliphatic heterocycles. The number of allylic oxidation sites excluding steroid dienone is 1. The standard InChI is InChI=1S/C12H17N3O3/c1-8(10(16)17)5-4-6-13-11(18)12(3)7-9(2)14-15-12/h7H,1,4-6H2,2-3H3,(H,13,18)(H,16,17). The molecule has 0 saturated carbocycles. The normalized spacial score (nSPS) is 21.6. The van der Waals surface area contributed by atoms with Gasteiger partial charge in [-0.2, -0.15) is 10.2 Å². The fraction of sp³-hybridized carbons (Fsp3) is 0.500. The molecule has 1 amide bonds. The minimum atomic E-state index is -1.00. The lowest BCUT2D eigenvalue weighted by Gasteiger charge is -2.15. The quantitative estimate of drug-likeness (QED) is 0.555. The van der Waals surface area contributed by atoms with E-state index in [0.29, 0.717) is 25.1 Å². The van der Waals surface area contributed by atoms with Crippen LogP contribution in [0.4, 0.5) is 0 Å². The summed E-state index contributed by atoms with van der Waals surface area (Å²) in [5.41, 5.74) is -0.0767. The molecule has 6 heteroatoms. The molecule has 0 bridgehead atoms. The Labute approximate surface area is 105 Å². The highest BCUT2D eigenvalue weighted by molar-refractivity contribution is 5.88. The van der Waals surface area contributed by atoms with Gasteiger partial charge in [0.05, 0.1) is 5.70 Å². The van der Waals surface area contributed by atoms with E-state index in [1.165, 1.54) is 0 Å². The monoisotopic (exact) mass is 251 g/mol. The van der Waals surface area contributed by atoms with E-state index < -0.39 is 11.5 Å². The van der Waals surface area contributed by atoms with Crippen molar-refractivity contribution in [3.63, 3.8) is 0 Å². The highest BCUT2D eigenvalue weighted by Crippen LogP contribution is 2.23. The van der Waals surface area contributed by atoms with Crippen LogP contribution in [0.25, 0.3) is 0 Å². The Morgan fingerprint density at radius 1 is 1.56 bits per heavy atom. The van der Waals surface area contributed by atoms with Crippen molar-refractivity contribution in [1.29, 1.82) is 0 Å². The van der Waals surface area contributed by atoms with E-state index in [1.807, 2.05) is 0 Å². The minimum Gasteiger partial charge on any atom is -0.478 e. The van der Waals surface area contributed by atoms with Gasteiger partial charge in [0.25, 0.3) is 5.91 Å². The number of nitrogens with zero attached hydrogens (tertiary/aromatic N) is 2. The van der Waals surface area contributed by atoms with Gasteiger partial charge in [0, 0.05) is 12.1 Å². The summed E-state index contributed by atoms with van der Waals surface area (Å²) in [5, 5.41) is 19.0. The third kappa shape index (κ3) is 3.51. The van der Waals surface area contributed by atoms with Gasteiger partial charge in [-0.3, -0.25) is 4.79 Å². The third-order valence-corrected chi connectivity index (χ3v) is 2.61. The van der Waals surface area contributed by atoms with Crippen LogP contribution in [0, 0.1) is 0 Å². The molecule has 0 aromatic heterocycles. The fourth-order valence-electron chi connectivity index (χ4n) is 1.55. The van der Waals surface area contributed by atoms with Crippen molar-refractivity contribution in [2.75, 3.05) is 6.54 Å². The minimum absolute atomic E-state index is 0.145. The van der Waals surface area contributed by atoms with Crippen LogP contribution in [0.1, 0.15) is 26.7 Å². The number of carbonyl (C=O) groups excluding carboxylic acids is 1. The molecule has 2 N–H and O–H groups in total. The van der Waals surface area contributed by atoms with Crippen LogP contribution in [0.5, 0.6) is 0 Å². The number of azo groups is 1. The Hall–Kier alpha value is -1.98. The van der Waals surface area contributed by atoms with Crippen LogP contribution in [-0.2, 0) is 9.59 Å². The molecule has 0 saturated heterocycles. The summed E-state index contributed by atoms with van der Waals surface area (Å²) in [7, 11) is 0. The number of aliphatic carboxylic acids is 1. The van der Waals surface area contributed by atoms with Crippen LogP contribution in [0.2, 0.25) is 0 Å². The van der Waals surface area contributed by atoms with Gasteiger partial charge in [-0.25, -0.2) is 4.79 Å². The summed E-state index contributed by atoms with van der Waals surface area (Å²) in [6.45, 7) is 7.26. The Kier molecular flexibility index (Phi) is 4.36. The zero-order valence-electron chi connectivity index (χ0n) is 10.6. The lowest BCUT2D eigenvalue weighted by molar-refractivity contribution is -0.132. The van der Waals surface area contributed by atoms with E-state index in [9.17, 15) is 9.59 Å². The predicted octanol–water partition coefficient (Wildman–Crippen LogP) is 1.65. The van der Waals surface area contributed by atoms with E-state index in [-0.39, 0.29) is 11.5 Å². The molecule has 1 aliphatic rings. The number of rotatable bonds is 6. The molecule has 1 unspecified atom stereocenters. The molecule has 1 atom stereocenters. The molecule has 0 spiro atoms. The maximum atomic E-state index is 11.8.